The number of benzene rings is 3. The summed E-state index contributed by atoms with van der Waals surface area (Å²) in [5, 5.41) is 0. The number of ether oxygens (including phenoxy) is 2. The van der Waals surface area contributed by atoms with Crippen molar-refractivity contribution in [2.75, 3.05) is 13.2 Å². The van der Waals surface area contributed by atoms with Gasteiger partial charge in [0.05, 0.1) is 12.2 Å². The van der Waals surface area contributed by atoms with Gasteiger partial charge in [0.25, 0.3) is 11.8 Å². The van der Waals surface area contributed by atoms with Crippen molar-refractivity contribution in [3.8, 4) is 11.5 Å². The Bertz CT molecular complexity index is 1020. The molecule has 0 saturated heterocycles. The first-order chi connectivity index (χ1) is 15.5. The lowest BCUT2D eigenvalue weighted by Crippen LogP contribution is -2.43. The largest absolute Gasteiger partial charge is 0.492 e. The van der Waals surface area contributed by atoms with Crippen LogP contribution in [0.2, 0.25) is 0 Å². The average Bonchev–Trinajstić information content (AvgIpc) is 2.82. The second kappa shape index (κ2) is 11.6. The predicted molar refractivity (Wildman–Crippen MR) is 124 cm³/mol. The quantitative estimate of drug-likeness (QED) is 0.495. The first-order valence-corrected chi connectivity index (χ1v) is 10.6. The van der Waals surface area contributed by atoms with Gasteiger partial charge in [-0.3, -0.25) is 20.4 Å². The Hall–Kier alpha value is -3.80. The topological polar surface area (TPSA) is 76.7 Å². The van der Waals surface area contributed by atoms with Gasteiger partial charge in [-0.2, -0.15) is 0 Å². The Labute approximate surface area is 188 Å². The van der Waals surface area contributed by atoms with E-state index in [0.29, 0.717) is 29.6 Å². The molecule has 3 aromatic carbocycles. The maximum absolute atomic E-state index is 12.5. The van der Waals surface area contributed by atoms with E-state index in [1.807, 2.05) is 54.6 Å². The van der Waals surface area contributed by atoms with Gasteiger partial charge in [0.2, 0.25) is 0 Å². The maximum Gasteiger partial charge on any atom is 0.276 e. The lowest BCUT2D eigenvalue weighted by Gasteiger charge is -2.13. The number of hydrogen-bond donors (Lipinski definition) is 2. The summed E-state index contributed by atoms with van der Waals surface area (Å²) in [5.41, 5.74) is 7.47. The standard InChI is InChI=1S/C26H28N2O4/c1-19(2)21-12-14-22(15-13-21)32-18-25(29)27-28-26(30)23-10-6-7-11-24(23)31-17-16-20-8-4-3-5-9-20/h3-15,19H,16-18H2,1-2H3,(H,27,29)(H,28,30). The molecule has 0 aromatic heterocycles. The van der Waals surface area contributed by atoms with Crippen molar-refractivity contribution in [2.24, 2.45) is 0 Å². The second-order valence-electron chi connectivity index (χ2n) is 7.59. The van der Waals surface area contributed by atoms with Crippen LogP contribution in [0.4, 0.5) is 0 Å². The van der Waals surface area contributed by atoms with Gasteiger partial charge in [0, 0.05) is 6.42 Å². The van der Waals surface area contributed by atoms with Gasteiger partial charge in [-0.25, -0.2) is 0 Å². The summed E-state index contributed by atoms with van der Waals surface area (Å²) in [5.74, 6) is 0.543. The first-order valence-electron chi connectivity index (χ1n) is 10.6. The highest BCUT2D eigenvalue weighted by molar-refractivity contribution is 5.97. The van der Waals surface area contributed by atoms with E-state index in [1.54, 1.807) is 24.3 Å². The molecule has 166 valence electrons. The Morgan fingerprint density at radius 2 is 1.50 bits per heavy atom. The van der Waals surface area contributed by atoms with Crippen molar-refractivity contribution in [3.05, 3.63) is 95.6 Å². The van der Waals surface area contributed by atoms with E-state index < -0.39 is 11.8 Å². The molecule has 0 atom stereocenters. The van der Waals surface area contributed by atoms with Crippen LogP contribution < -0.4 is 20.3 Å². The molecule has 0 aliphatic heterocycles. The van der Waals surface area contributed by atoms with Crippen molar-refractivity contribution in [3.63, 3.8) is 0 Å². The maximum atomic E-state index is 12.5. The molecule has 3 rings (SSSR count). The fourth-order valence-electron chi connectivity index (χ4n) is 3.03. The van der Waals surface area contributed by atoms with Crippen LogP contribution in [0.3, 0.4) is 0 Å². The van der Waals surface area contributed by atoms with Crippen LogP contribution in [0.1, 0.15) is 41.3 Å². The van der Waals surface area contributed by atoms with Gasteiger partial charge in [-0.15, -0.1) is 0 Å². The Morgan fingerprint density at radius 3 is 2.22 bits per heavy atom. The zero-order valence-corrected chi connectivity index (χ0v) is 18.3. The van der Waals surface area contributed by atoms with Crippen LogP contribution in [-0.2, 0) is 11.2 Å². The summed E-state index contributed by atoms with van der Waals surface area (Å²) in [7, 11) is 0. The second-order valence-corrected chi connectivity index (χ2v) is 7.59. The van der Waals surface area contributed by atoms with E-state index in [4.69, 9.17) is 9.47 Å². The van der Waals surface area contributed by atoms with Crippen LogP contribution in [0.5, 0.6) is 11.5 Å². The minimum Gasteiger partial charge on any atom is -0.492 e. The number of rotatable bonds is 9. The number of hydrogen-bond acceptors (Lipinski definition) is 4. The summed E-state index contributed by atoms with van der Waals surface area (Å²) in [6.07, 6.45) is 0.725. The Morgan fingerprint density at radius 1 is 0.812 bits per heavy atom. The molecule has 32 heavy (non-hydrogen) atoms. The molecule has 2 amide bonds. The number of nitrogens with one attached hydrogen (secondary N) is 2. The fourth-order valence-corrected chi connectivity index (χ4v) is 3.03. The summed E-state index contributed by atoms with van der Waals surface area (Å²) < 4.78 is 11.3. The smallest absolute Gasteiger partial charge is 0.276 e. The van der Waals surface area contributed by atoms with Gasteiger partial charge in [0.15, 0.2) is 6.61 Å². The SMILES string of the molecule is CC(C)c1ccc(OCC(=O)NNC(=O)c2ccccc2OCCc2ccccc2)cc1. The van der Waals surface area contributed by atoms with Gasteiger partial charge < -0.3 is 9.47 Å². The van der Waals surface area contributed by atoms with E-state index in [0.717, 1.165) is 12.0 Å². The molecule has 0 unspecified atom stereocenters. The molecule has 0 aliphatic rings. The third-order valence-corrected chi connectivity index (χ3v) is 4.85. The van der Waals surface area contributed by atoms with Crippen molar-refractivity contribution in [2.45, 2.75) is 26.2 Å². The summed E-state index contributed by atoms with van der Waals surface area (Å²) in [6.45, 7) is 4.44. The molecule has 0 fully saturated rings. The zero-order valence-electron chi connectivity index (χ0n) is 18.3. The Kier molecular flexibility index (Phi) is 8.26. The number of carbonyl (C=O) groups is 2. The van der Waals surface area contributed by atoms with E-state index in [2.05, 4.69) is 24.7 Å². The van der Waals surface area contributed by atoms with E-state index in [9.17, 15) is 9.59 Å². The normalized spacial score (nSPS) is 10.5. The van der Waals surface area contributed by atoms with Crippen LogP contribution in [0.15, 0.2) is 78.9 Å². The van der Waals surface area contributed by atoms with Crippen LogP contribution in [0, 0.1) is 0 Å². The van der Waals surface area contributed by atoms with Crippen molar-refractivity contribution < 1.29 is 19.1 Å². The summed E-state index contributed by atoms with van der Waals surface area (Å²) >= 11 is 0. The molecule has 0 radical (unpaired) electrons. The number of para-hydroxylation sites is 1. The lowest BCUT2D eigenvalue weighted by atomic mass is 10.0. The van der Waals surface area contributed by atoms with Gasteiger partial charge >= 0.3 is 0 Å². The highest BCUT2D eigenvalue weighted by Gasteiger charge is 2.13. The van der Waals surface area contributed by atoms with Crippen LogP contribution >= 0.6 is 0 Å². The molecule has 0 heterocycles. The summed E-state index contributed by atoms with van der Waals surface area (Å²) in [4.78, 5) is 24.6. The van der Waals surface area contributed by atoms with Gasteiger partial charge in [-0.05, 0) is 41.3 Å². The highest BCUT2D eigenvalue weighted by atomic mass is 16.5. The zero-order chi connectivity index (χ0) is 22.8. The van der Waals surface area contributed by atoms with Gasteiger partial charge in [-0.1, -0.05) is 68.4 Å². The minimum atomic E-state index is -0.464. The third kappa shape index (κ3) is 6.87. The first kappa shape index (κ1) is 22.9. The number of amides is 2. The molecule has 0 aliphatic carbocycles. The van der Waals surface area contributed by atoms with E-state index >= 15 is 0 Å². The molecule has 3 aromatic rings. The van der Waals surface area contributed by atoms with Crippen LogP contribution in [-0.4, -0.2) is 25.0 Å². The van der Waals surface area contributed by atoms with Gasteiger partial charge in [0.1, 0.15) is 11.5 Å². The van der Waals surface area contributed by atoms with Crippen LogP contribution in [0.25, 0.3) is 0 Å². The molecule has 6 heteroatoms. The molecule has 0 saturated carbocycles. The monoisotopic (exact) mass is 432 g/mol. The van der Waals surface area contributed by atoms with Crippen molar-refractivity contribution in [1.29, 1.82) is 0 Å². The molecular formula is C26H28N2O4. The lowest BCUT2D eigenvalue weighted by molar-refractivity contribution is -0.123. The Balaban J connectivity index is 1.46. The third-order valence-electron chi connectivity index (χ3n) is 4.85. The molecular weight excluding hydrogens is 404 g/mol. The van der Waals surface area contributed by atoms with E-state index in [1.165, 1.54) is 5.56 Å². The number of hydrazine groups is 1. The molecule has 6 nitrogen and oxygen atoms in total. The van der Waals surface area contributed by atoms with Crippen molar-refractivity contribution in [1.82, 2.24) is 10.9 Å². The fraction of sp³-hybridized carbons (Fsp3) is 0.231. The summed E-state index contributed by atoms with van der Waals surface area (Å²) in [6, 6.07) is 24.5. The molecule has 0 bridgehead atoms. The number of carbonyl (C=O) groups excluding carboxylic acids is 2. The minimum absolute atomic E-state index is 0.212. The highest BCUT2D eigenvalue weighted by Crippen LogP contribution is 2.19. The molecule has 2 N–H and O–H groups in total. The van der Waals surface area contributed by atoms with Crippen molar-refractivity contribution >= 4 is 11.8 Å². The van der Waals surface area contributed by atoms with E-state index in [-0.39, 0.29) is 6.61 Å². The molecule has 0 spiro atoms. The predicted octanol–water partition coefficient (Wildman–Crippen LogP) is 4.27. The average molecular weight is 433 g/mol.